The Bertz CT molecular complexity index is 1240. The summed E-state index contributed by atoms with van der Waals surface area (Å²) in [6.45, 7) is 5.34. The van der Waals surface area contributed by atoms with Crippen molar-refractivity contribution in [3.05, 3.63) is 77.1 Å². The summed E-state index contributed by atoms with van der Waals surface area (Å²) in [7, 11) is 1.66. The van der Waals surface area contributed by atoms with E-state index >= 15 is 0 Å². The molecule has 8 nitrogen and oxygen atoms in total. The highest BCUT2D eigenvalue weighted by Crippen LogP contribution is 2.34. The fourth-order valence-electron chi connectivity index (χ4n) is 3.47. The highest BCUT2D eigenvalue weighted by atomic mass is 32.1. The van der Waals surface area contributed by atoms with Crippen LogP contribution >= 0.6 is 11.3 Å². The van der Waals surface area contributed by atoms with E-state index in [1.165, 1.54) is 11.3 Å². The first-order valence-corrected chi connectivity index (χ1v) is 11.6. The van der Waals surface area contributed by atoms with Gasteiger partial charge in [0.25, 0.3) is 5.91 Å². The number of nitrogens with one attached hydrogen (secondary N) is 2. The van der Waals surface area contributed by atoms with Gasteiger partial charge in [-0.15, -0.1) is 11.3 Å². The molecule has 0 saturated carbocycles. The number of pyridine rings is 2. The molecular weight excluding hydrogens is 450 g/mol. The Morgan fingerprint density at radius 2 is 1.82 bits per heavy atom. The van der Waals surface area contributed by atoms with Crippen molar-refractivity contribution < 1.29 is 14.3 Å². The van der Waals surface area contributed by atoms with E-state index in [1.54, 1.807) is 37.8 Å². The van der Waals surface area contributed by atoms with Crippen LogP contribution in [0.2, 0.25) is 0 Å². The molecule has 1 amide bonds. The molecule has 1 aromatic carbocycles. The molecule has 0 radical (unpaired) electrons. The predicted octanol–water partition coefficient (Wildman–Crippen LogP) is 5.32. The van der Waals surface area contributed by atoms with E-state index in [0.717, 1.165) is 34.0 Å². The van der Waals surface area contributed by atoms with Gasteiger partial charge in [-0.3, -0.25) is 15.1 Å². The van der Waals surface area contributed by atoms with Gasteiger partial charge in [0.15, 0.2) is 5.13 Å². The van der Waals surface area contributed by atoms with Gasteiger partial charge in [-0.05, 0) is 61.4 Å². The monoisotopic (exact) mass is 475 g/mol. The summed E-state index contributed by atoms with van der Waals surface area (Å²) in [6.07, 6.45) is 4.86. The standard InChI is InChI=1S/C25H25N5O3S/c1-16-12-20(33-19-4-5-22(28-14-19)27-10-11-32-3)13-17(2)23(16)21-15-34-25(29-21)30-24(31)18-6-8-26-9-7-18/h4-9,12-15H,10-11H2,1-3H3,(H,27,28)(H,29,30,31). The second-order valence-electron chi connectivity index (χ2n) is 7.56. The van der Waals surface area contributed by atoms with E-state index in [-0.39, 0.29) is 5.91 Å². The first-order chi connectivity index (χ1) is 16.5. The molecule has 4 aromatic rings. The molecule has 0 atom stereocenters. The van der Waals surface area contributed by atoms with Gasteiger partial charge in [0.1, 0.15) is 17.3 Å². The molecule has 0 bridgehead atoms. The number of benzene rings is 1. The fraction of sp³-hybridized carbons (Fsp3) is 0.200. The minimum absolute atomic E-state index is 0.214. The van der Waals surface area contributed by atoms with Crippen LogP contribution in [-0.2, 0) is 4.74 Å². The average Bonchev–Trinajstić information content (AvgIpc) is 3.28. The lowest BCUT2D eigenvalue weighted by atomic mass is 10.0. The Hall–Kier alpha value is -3.82. The lowest BCUT2D eigenvalue weighted by Gasteiger charge is -2.12. The molecule has 3 heterocycles. The van der Waals surface area contributed by atoms with Crippen LogP contribution in [0.5, 0.6) is 11.5 Å². The molecule has 9 heteroatoms. The summed E-state index contributed by atoms with van der Waals surface area (Å²) >= 11 is 1.39. The van der Waals surface area contributed by atoms with Crippen LogP contribution in [0.3, 0.4) is 0 Å². The van der Waals surface area contributed by atoms with Crippen molar-refractivity contribution >= 4 is 28.2 Å². The molecule has 34 heavy (non-hydrogen) atoms. The van der Waals surface area contributed by atoms with Gasteiger partial charge in [-0.2, -0.15) is 0 Å². The first kappa shape index (κ1) is 23.3. The normalized spacial score (nSPS) is 10.7. The lowest BCUT2D eigenvalue weighted by molar-refractivity contribution is 0.102. The second kappa shape index (κ2) is 10.9. The van der Waals surface area contributed by atoms with Gasteiger partial charge in [0.2, 0.25) is 0 Å². The van der Waals surface area contributed by atoms with Crippen molar-refractivity contribution in [3.63, 3.8) is 0 Å². The van der Waals surface area contributed by atoms with Crippen LogP contribution < -0.4 is 15.4 Å². The minimum Gasteiger partial charge on any atom is -0.456 e. The van der Waals surface area contributed by atoms with Crippen molar-refractivity contribution in [2.45, 2.75) is 13.8 Å². The number of methoxy groups -OCH3 is 1. The number of amides is 1. The zero-order valence-electron chi connectivity index (χ0n) is 19.2. The summed E-state index contributed by atoms with van der Waals surface area (Å²) in [5, 5.41) is 8.51. The lowest BCUT2D eigenvalue weighted by Crippen LogP contribution is -2.11. The van der Waals surface area contributed by atoms with E-state index in [1.807, 2.05) is 43.5 Å². The summed E-state index contributed by atoms with van der Waals surface area (Å²) < 4.78 is 11.1. The number of aryl methyl sites for hydroxylation is 2. The van der Waals surface area contributed by atoms with E-state index in [9.17, 15) is 4.79 Å². The van der Waals surface area contributed by atoms with Crippen LogP contribution in [-0.4, -0.2) is 41.1 Å². The van der Waals surface area contributed by atoms with Gasteiger partial charge in [-0.25, -0.2) is 9.97 Å². The molecule has 0 unspecified atom stereocenters. The molecule has 0 aliphatic heterocycles. The molecule has 0 spiro atoms. The molecule has 174 valence electrons. The molecule has 0 aliphatic carbocycles. The maximum absolute atomic E-state index is 12.4. The number of hydrogen-bond donors (Lipinski definition) is 2. The van der Waals surface area contributed by atoms with Gasteiger partial charge < -0.3 is 14.8 Å². The second-order valence-corrected chi connectivity index (χ2v) is 8.42. The number of carbonyl (C=O) groups is 1. The summed E-state index contributed by atoms with van der Waals surface area (Å²) in [4.78, 5) is 25.3. The maximum atomic E-state index is 12.4. The quantitative estimate of drug-likeness (QED) is 0.316. The number of carbonyl (C=O) groups excluding carboxylic acids is 1. The van der Waals surface area contributed by atoms with Crippen molar-refractivity contribution in [1.82, 2.24) is 15.0 Å². The number of ether oxygens (including phenoxy) is 2. The fourth-order valence-corrected chi connectivity index (χ4v) is 4.16. The molecule has 0 fully saturated rings. The highest BCUT2D eigenvalue weighted by molar-refractivity contribution is 7.14. The number of anilines is 2. The molecule has 0 saturated heterocycles. The van der Waals surface area contributed by atoms with E-state index in [2.05, 4.69) is 25.6 Å². The number of rotatable bonds is 9. The largest absolute Gasteiger partial charge is 0.456 e. The highest BCUT2D eigenvalue weighted by Gasteiger charge is 2.14. The molecule has 3 aromatic heterocycles. The average molecular weight is 476 g/mol. The topological polar surface area (TPSA) is 98.3 Å². The van der Waals surface area contributed by atoms with E-state index in [0.29, 0.717) is 29.6 Å². The number of nitrogens with zero attached hydrogens (tertiary/aromatic N) is 3. The Labute approximate surface area is 202 Å². The van der Waals surface area contributed by atoms with E-state index in [4.69, 9.17) is 9.47 Å². The molecule has 0 aliphatic rings. The summed E-state index contributed by atoms with van der Waals surface area (Å²) in [6, 6.07) is 11.0. The SMILES string of the molecule is COCCNc1ccc(Oc2cc(C)c(-c3csc(NC(=O)c4ccncc4)n3)c(C)c2)cn1. The van der Waals surface area contributed by atoms with Crippen molar-refractivity contribution in [3.8, 4) is 22.8 Å². The van der Waals surface area contributed by atoms with Crippen LogP contribution in [0.15, 0.2) is 60.4 Å². The van der Waals surface area contributed by atoms with Crippen molar-refractivity contribution in [2.24, 2.45) is 0 Å². The number of aromatic nitrogens is 3. The van der Waals surface area contributed by atoms with Crippen molar-refractivity contribution in [1.29, 1.82) is 0 Å². The maximum Gasteiger partial charge on any atom is 0.257 e. The van der Waals surface area contributed by atoms with Gasteiger partial charge >= 0.3 is 0 Å². The van der Waals surface area contributed by atoms with Crippen LogP contribution in [0.1, 0.15) is 21.5 Å². The smallest absolute Gasteiger partial charge is 0.257 e. The van der Waals surface area contributed by atoms with Crippen LogP contribution in [0.25, 0.3) is 11.3 Å². The van der Waals surface area contributed by atoms with Gasteiger partial charge in [0, 0.05) is 42.6 Å². The third-order valence-electron chi connectivity index (χ3n) is 5.01. The molecule has 2 N–H and O–H groups in total. The number of thiazole rings is 1. The number of hydrogen-bond acceptors (Lipinski definition) is 8. The third kappa shape index (κ3) is 5.75. The molecular formula is C25H25N5O3S. The Balaban J connectivity index is 1.45. The summed E-state index contributed by atoms with van der Waals surface area (Å²) in [5.41, 5.74) is 4.42. The van der Waals surface area contributed by atoms with E-state index < -0.39 is 0 Å². The Kier molecular flexibility index (Phi) is 7.46. The van der Waals surface area contributed by atoms with Crippen molar-refractivity contribution in [2.75, 3.05) is 30.9 Å². The zero-order valence-corrected chi connectivity index (χ0v) is 20.0. The van der Waals surface area contributed by atoms with Crippen LogP contribution in [0, 0.1) is 13.8 Å². The zero-order chi connectivity index (χ0) is 23.9. The van der Waals surface area contributed by atoms with Gasteiger partial charge in [-0.1, -0.05) is 0 Å². The summed E-state index contributed by atoms with van der Waals surface area (Å²) in [5.74, 6) is 1.93. The Morgan fingerprint density at radius 1 is 1.06 bits per heavy atom. The van der Waals surface area contributed by atoms with Gasteiger partial charge in [0.05, 0.1) is 18.5 Å². The molecule has 4 rings (SSSR count). The first-order valence-electron chi connectivity index (χ1n) is 10.7. The minimum atomic E-state index is -0.214. The predicted molar refractivity (Wildman–Crippen MR) is 134 cm³/mol. The van der Waals surface area contributed by atoms with Crippen LogP contribution in [0.4, 0.5) is 10.9 Å². The third-order valence-corrected chi connectivity index (χ3v) is 5.77. The Morgan fingerprint density at radius 3 is 2.50 bits per heavy atom.